The maximum absolute atomic E-state index is 13.6. The number of aromatic nitrogens is 2. The molecule has 0 saturated carbocycles. The quantitative estimate of drug-likeness (QED) is 0.315. The van der Waals surface area contributed by atoms with E-state index in [4.69, 9.17) is 0 Å². The Morgan fingerprint density at radius 3 is 2.08 bits per heavy atom. The first-order valence-electron chi connectivity index (χ1n) is 10.8. The highest BCUT2D eigenvalue weighted by Crippen LogP contribution is 2.37. The summed E-state index contributed by atoms with van der Waals surface area (Å²) in [5, 5.41) is 0.676. The van der Waals surface area contributed by atoms with Crippen LogP contribution in [0.4, 0.5) is 26.3 Å². The van der Waals surface area contributed by atoms with Gasteiger partial charge in [-0.1, -0.05) is 30.3 Å². The fourth-order valence-corrected chi connectivity index (χ4v) is 4.14. The Morgan fingerprint density at radius 2 is 1.51 bits per heavy atom. The Hall–Kier alpha value is -4.15. The molecule has 0 aliphatic heterocycles. The van der Waals surface area contributed by atoms with Crippen molar-refractivity contribution in [2.24, 2.45) is 7.05 Å². The molecule has 2 heterocycles. The number of benzene rings is 2. The molecule has 0 spiro atoms. The zero-order valence-electron chi connectivity index (χ0n) is 19.5. The molecule has 2 aromatic carbocycles. The molecule has 2 aromatic heterocycles. The minimum Gasteiger partial charge on any atom is -0.336 e. The molecule has 0 aliphatic rings. The van der Waals surface area contributed by atoms with Gasteiger partial charge in [-0.2, -0.15) is 26.3 Å². The third kappa shape index (κ3) is 5.07. The Bertz CT molecular complexity index is 1510. The van der Waals surface area contributed by atoms with Gasteiger partial charge in [-0.05, 0) is 35.4 Å². The van der Waals surface area contributed by atoms with E-state index in [1.165, 1.54) is 26.5 Å². The van der Waals surface area contributed by atoms with Crippen LogP contribution in [-0.4, -0.2) is 27.4 Å². The van der Waals surface area contributed by atoms with Gasteiger partial charge in [0.1, 0.15) is 5.69 Å². The van der Waals surface area contributed by atoms with Crippen LogP contribution in [0.5, 0.6) is 0 Å². The average Bonchev–Trinajstić information content (AvgIpc) is 2.85. The number of hydrogen-bond acceptors (Lipinski definition) is 3. The van der Waals surface area contributed by atoms with Gasteiger partial charge in [-0.3, -0.25) is 14.6 Å². The van der Waals surface area contributed by atoms with E-state index in [0.29, 0.717) is 28.6 Å². The van der Waals surface area contributed by atoms with Gasteiger partial charge in [0.05, 0.1) is 16.5 Å². The van der Waals surface area contributed by atoms with Crippen molar-refractivity contribution < 1.29 is 31.1 Å². The number of hydrogen-bond donors (Lipinski definition) is 0. The summed E-state index contributed by atoms with van der Waals surface area (Å²) in [6.07, 6.45) is -7.22. The molecule has 0 fully saturated rings. The third-order valence-electron chi connectivity index (χ3n) is 5.88. The van der Waals surface area contributed by atoms with Gasteiger partial charge in [-0.15, -0.1) is 0 Å². The number of halogens is 6. The molecule has 4 aromatic rings. The second-order valence-electron chi connectivity index (χ2n) is 8.45. The Kier molecular flexibility index (Phi) is 6.57. The van der Waals surface area contributed by atoms with Crippen LogP contribution in [0, 0.1) is 0 Å². The minimum atomic E-state index is -5.02. The summed E-state index contributed by atoms with van der Waals surface area (Å²) in [5.41, 5.74) is -2.95. The van der Waals surface area contributed by atoms with Crippen molar-refractivity contribution in [3.05, 3.63) is 99.7 Å². The number of carbonyl (C=O) groups is 1. The van der Waals surface area contributed by atoms with Gasteiger partial charge in [0.25, 0.3) is 11.5 Å². The molecule has 1 amide bonds. The largest absolute Gasteiger partial charge is 0.416 e. The minimum absolute atomic E-state index is 0.0277. The van der Waals surface area contributed by atoms with Gasteiger partial charge < -0.3 is 9.47 Å². The second kappa shape index (κ2) is 9.38. The predicted molar refractivity (Wildman–Crippen MR) is 125 cm³/mol. The molecule has 11 heteroatoms. The number of amides is 1. The standard InChI is InChI=1S/C26H19F6N3O2/c1-34(14-15-10-17(25(27,28)29)12-18(11-15)26(30,31)32)24(37)22-21(16-6-4-3-5-7-16)19-8-9-33-13-20(19)23(36)35(22)2/h3-13H,14H2,1-2H3. The molecule has 0 saturated heterocycles. The maximum Gasteiger partial charge on any atom is 0.416 e. The summed E-state index contributed by atoms with van der Waals surface area (Å²) in [4.78, 5) is 31.6. The molecule has 0 bridgehead atoms. The first kappa shape index (κ1) is 25.9. The zero-order valence-corrected chi connectivity index (χ0v) is 19.5. The molecule has 5 nitrogen and oxygen atoms in total. The van der Waals surface area contributed by atoms with Crippen molar-refractivity contribution in [2.75, 3.05) is 7.05 Å². The van der Waals surface area contributed by atoms with E-state index in [9.17, 15) is 35.9 Å². The van der Waals surface area contributed by atoms with E-state index < -0.39 is 41.5 Å². The van der Waals surface area contributed by atoms with Crippen molar-refractivity contribution in [2.45, 2.75) is 18.9 Å². The third-order valence-corrected chi connectivity index (χ3v) is 5.88. The Balaban J connectivity index is 1.85. The van der Waals surface area contributed by atoms with Crippen LogP contribution >= 0.6 is 0 Å². The number of fused-ring (bicyclic) bond motifs is 1. The van der Waals surface area contributed by atoms with E-state index in [1.54, 1.807) is 36.4 Å². The predicted octanol–water partition coefficient (Wildman–Crippen LogP) is 5.91. The molecular formula is C26H19F6N3O2. The molecule has 0 aliphatic carbocycles. The average molecular weight is 519 g/mol. The number of alkyl halides is 6. The summed E-state index contributed by atoms with van der Waals surface area (Å²) in [5.74, 6) is -0.761. The monoisotopic (exact) mass is 519 g/mol. The first-order chi connectivity index (χ1) is 17.3. The Morgan fingerprint density at radius 1 is 0.919 bits per heavy atom. The lowest BCUT2D eigenvalue weighted by molar-refractivity contribution is -0.143. The number of carbonyl (C=O) groups excluding carboxylic acids is 1. The summed E-state index contributed by atoms with van der Waals surface area (Å²) < 4.78 is 80.9. The second-order valence-corrected chi connectivity index (χ2v) is 8.45. The summed E-state index contributed by atoms with van der Waals surface area (Å²) >= 11 is 0. The zero-order chi connectivity index (χ0) is 27.1. The number of pyridine rings is 2. The molecule has 0 unspecified atom stereocenters. The van der Waals surface area contributed by atoms with Crippen molar-refractivity contribution >= 4 is 16.7 Å². The van der Waals surface area contributed by atoms with Crippen LogP contribution in [-0.2, 0) is 25.9 Å². The van der Waals surface area contributed by atoms with Crippen LogP contribution in [0.25, 0.3) is 21.9 Å². The van der Waals surface area contributed by atoms with Gasteiger partial charge >= 0.3 is 12.4 Å². The fraction of sp³-hybridized carbons (Fsp3) is 0.192. The summed E-state index contributed by atoms with van der Waals surface area (Å²) in [6.45, 7) is -0.567. The van der Waals surface area contributed by atoms with Crippen LogP contribution in [0.1, 0.15) is 27.2 Å². The molecule has 0 N–H and O–H groups in total. The van der Waals surface area contributed by atoms with Crippen molar-refractivity contribution in [1.29, 1.82) is 0 Å². The number of nitrogens with zero attached hydrogens (tertiary/aromatic N) is 3. The summed E-state index contributed by atoms with van der Waals surface area (Å²) in [7, 11) is 2.61. The first-order valence-corrected chi connectivity index (χ1v) is 10.8. The van der Waals surface area contributed by atoms with E-state index in [1.807, 2.05) is 0 Å². The maximum atomic E-state index is 13.6. The Labute approximate surface area is 206 Å². The lowest BCUT2D eigenvalue weighted by Gasteiger charge is -2.23. The highest BCUT2D eigenvalue weighted by atomic mass is 19.4. The SMILES string of the molecule is CN(Cc1cc(C(F)(F)F)cc(C(F)(F)F)c1)C(=O)c1c(-c2ccccc2)c2ccncc2c(=O)n1C. The highest BCUT2D eigenvalue weighted by Gasteiger charge is 2.37. The molecule has 0 radical (unpaired) electrons. The lowest BCUT2D eigenvalue weighted by atomic mass is 9.97. The van der Waals surface area contributed by atoms with E-state index >= 15 is 0 Å². The highest BCUT2D eigenvalue weighted by molar-refractivity contribution is 6.08. The normalized spacial score (nSPS) is 12.1. The van der Waals surface area contributed by atoms with E-state index in [-0.39, 0.29) is 22.7 Å². The summed E-state index contributed by atoms with van der Waals surface area (Å²) in [6, 6.07) is 11.4. The van der Waals surface area contributed by atoms with Crippen molar-refractivity contribution in [3.63, 3.8) is 0 Å². The topological polar surface area (TPSA) is 55.2 Å². The number of rotatable bonds is 4. The van der Waals surface area contributed by atoms with Crippen molar-refractivity contribution in [1.82, 2.24) is 14.5 Å². The molecule has 0 atom stereocenters. The van der Waals surface area contributed by atoms with Gasteiger partial charge in [0, 0.05) is 44.0 Å². The van der Waals surface area contributed by atoms with Gasteiger partial charge in [0.15, 0.2) is 0 Å². The molecule has 192 valence electrons. The van der Waals surface area contributed by atoms with E-state index in [0.717, 1.165) is 9.47 Å². The molecule has 4 rings (SSSR count). The van der Waals surface area contributed by atoms with Gasteiger partial charge in [0.2, 0.25) is 0 Å². The fourth-order valence-electron chi connectivity index (χ4n) is 4.14. The van der Waals surface area contributed by atoms with Crippen molar-refractivity contribution in [3.8, 4) is 11.1 Å². The van der Waals surface area contributed by atoms with E-state index in [2.05, 4.69) is 4.98 Å². The van der Waals surface area contributed by atoms with Crippen LogP contribution in [0.15, 0.2) is 71.8 Å². The lowest BCUT2D eigenvalue weighted by Crippen LogP contribution is -2.33. The van der Waals surface area contributed by atoms with Gasteiger partial charge in [-0.25, -0.2) is 0 Å². The smallest absolute Gasteiger partial charge is 0.336 e. The molecule has 37 heavy (non-hydrogen) atoms. The molecular weight excluding hydrogens is 500 g/mol. The van der Waals surface area contributed by atoms with Crippen LogP contribution in [0.2, 0.25) is 0 Å². The van der Waals surface area contributed by atoms with Crippen LogP contribution in [0.3, 0.4) is 0 Å². The van der Waals surface area contributed by atoms with Crippen LogP contribution < -0.4 is 5.56 Å².